The van der Waals surface area contributed by atoms with Gasteiger partial charge in [0.1, 0.15) is 5.71 Å². The van der Waals surface area contributed by atoms with Crippen LogP contribution >= 0.6 is 23.2 Å². The zero-order valence-electron chi connectivity index (χ0n) is 11.4. The number of benzene rings is 1. The van der Waals surface area contributed by atoms with Gasteiger partial charge in [-0.05, 0) is 26.0 Å². The molecular formula is C15H12Cl2N2O2. The van der Waals surface area contributed by atoms with Crippen molar-refractivity contribution in [2.75, 3.05) is 5.32 Å². The van der Waals surface area contributed by atoms with E-state index in [9.17, 15) is 9.59 Å². The van der Waals surface area contributed by atoms with Gasteiger partial charge in [-0.25, -0.2) is 4.79 Å². The molecule has 1 aromatic rings. The second kappa shape index (κ2) is 6.24. The third-order valence-electron chi connectivity index (χ3n) is 2.99. The number of para-hydroxylation sites is 1. The molecule has 4 nitrogen and oxygen atoms in total. The lowest BCUT2D eigenvalue weighted by atomic mass is 9.97. The normalized spacial score (nSPS) is 15.4. The van der Waals surface area contributed by atoms with Crippen LogP contribution in [0.15, 0.2) is 56.5 Å². The van der Waals surface area contributed by atoms with Gasteiger partial charge in [0.15, 0.2) is 5.78 Å². The van der Waals surface area contributed by atoms with Gasteiger partial charge in [0.2, 0.25) is 0 Å². The molecule has 0 saturated carbocycles. The van der Waals surface area contributed by atoms with Crippen LogP contribution in [-0.4, -0.2) is 17.5 Å². The average molecular weight is 323 g/mol. The minimum Gasteiger partial charge on any atom is -0.306 e. The first-order valence-electron chi connectivity index (χ1n) is 6.14. The van der Waals surface area contributed by atoms with Crippen LogP contribution in [0, 0.1) is 0 Å². The molecule has 0 aromatic heterocycles. The summed E-state index contributed by atoms with van der Waals surface area (Å²) in [6.45, 7) is 3.14. The summed E-state index contributed by atoms with van der Waals surface area (Å²) in [5, 5.41) is 2.79. The number of ketones is 1. The van der Waals surface area contributed by atoms with Crippen LogP contribution in [0.25, 0.3) is 0 Å². The fourth-order valence-electron chi connectivity index (χ4n) is 1.80. The van der Waals surface area contributed by atoms with E-state index < -0.39 is 6.03 Å². The van der Waals surface area contributed by atoms with Crippen molar-refractivity contribution in [3.8, 4) is 0 Å². The summed E-state index contributed by atoms with van der Waals surface area (Å²) >= 11 is 12.1. The Kier molecular flexibility index (Phi) is 4.60. The molecule has 2 amide bonds. The van der Waals surface area contributed by atoms with E-state index >= 15 is 0 Å². The van der Waals surface area contributed by atoms with Crippen LogP contribution < -0.4 is 5.32 Å². The number of urea groups is 1. The van der Waals surface area contributed by atoms with Crippen molar-refractivity contribution in [2.45, 2.75) is 13.8 Å². The van der Waals surface area contributed by atoms with Crippen molar-refractivity contribution in [3.63, 3.8) is 0 Å². The van der Waals surface area contributed by atoms with Gasteiger partial charge in [-0.2, -0.15) is 4.99 Å². The Morgan fingerprint density at radius 2 is 1.57 bits per heavy atom. The van der Waals surface area contributed by atoms with Gasteiger partial charge in [0.05, 0.1) is 10.1 Å². The monoisotopic (exact) mass is 322 g/mol. The zero-order chi connectivity index (χ0) is 15.6. The van der Waals surface area contributed by atoms with Gasteiger partial charge in [-0.1, -0.05) is 41.4 Å². The second-order valence-corrected chi connectivity index (χ2v) is 5.22. The summed E-state index contributed by atoms with van der Waals surface area (Å²) in [5.74, 6) is -0.243. The largest absolute Gasteiger partial charge is 0.346 e. The van der Waals surface area contributed by atoms with E-state index in [1.54, 1.807) is 38.1 Å². The molecule has 0 bridgehead atoms. The number of anilines is 1. The molecule has 0 saturated heterocycles. The highest BCUT2D eigenvalue weighted by atomic mass is 35.5. The molecule has 1 aromatic carbocycles. The van der Waals surface area contributed by atoms with Gasteiger partial charge in [-0.3, -0.25) is 4.79 Å². The van der Waals surface area contributed by atoms with Crippen LogP contribution in [0.2, 0.25) is 0 Å². The Balaban J connectivity index is 2.31. The number of aliphatic imine (C=N–C) groups is 1. The highest BCUT2D eigenvalue weighted by Gasteiger charge is 2.27. The topological polar surface area (TPSA) is 58.5 Å². The Labute approximate surface area is 132 Å². The highest BCUT2D eigenvalue weighted by molar-refractivity contribution is 6.60. The van der Waals surface area contributed by atoms with Crippen LogP contribution in [0.4, 0.5) is 10.5 Å². The lowest BCUT2D eigenvalue weighted by molar-refractivity contribution is -0.112. The lowest BCUT2D eigenvalue weighted by Crippen LogP contribution is -2.20. The van der Waals surface area contributed by atoms with E-state index in [1.165, 1.54) is 0 Å². The van der Waals surface area contributed by atoms with Crippen molar-refractivity contribution in [3.05, 3.63) is 51.5 Å². The van der Waals surface area contributed by atoms with Gasteiger partial charge >= 0.3 is 6.03 Å². The maximum atomic E-state index is 11.9. The molecule has 108 valence electrons. The third-order valence-corrected chi connectivity index (χ3v) is 3.92. The first-order chi connectivity index (χ1) is 9.91. The molecule has 0 spiro atoms. The smallest absolute Gasteiger partial charge is 0.306 e. The lowest BCUT2D eigenvalue weighted by Gasteiger charge is -2.16. The fraction of sp³-hybridized carbons (Fsp3) is 0.133. The van der Waals surface area contributed by atoms with Crippen molar-refractivity contribution in [1.29, 1.82) is 0 Å². The Morgan fingerprint density at radius 1 is 1.05 bits per heavy atom. The molecule has 6 heteroatoms. The highest BCUT2D eigenvalue weighted by Crippen LogP contribution is 2.30. The van der Waals surface area contributed by atoms with Gasteiger partial charge in [-0.15, -0.1) is 0 Å². The molecule has 0 radical (unpaired) electrons. The number of hydrogen-bond donors (Lipinski definition) is 1. The van der Waals surface area contributed by atoms with Crippen LogP contribution in [-0.2, 0) is 4.79 Å². The number of carbonyl (C=O) groups excluding carboxylic acids is 2. The van der Waals surface area contributed by atoms with E-state index in [-0.39, 0.29) is 21.6 Å². The minimum atomic E-state index is -0.609. The molecule has 1 aliphatic carbocycles. The number of allylic oxidation sites excluding steroid dienone is 4. The molecular weight excluding hydrogens is 311 g/mol. The van der Waals surface area contributed by atoms with Crippen LogP contribution in [0.3, 0.4) is 0 Å². The molecule has 2 rings (SSSR count). The van der Waals surface area contributed by atoms with Gasteiger partial charge in [0.25, 0.3) is 0 Å². The second-order valence-electron chi connectivity index (χ2n) is 4.46. The quantitative estimate of drug-likeness (QED) is 0.785. The van der Waals surface area contributed by atoms with Crippen LogP contribution in [0.5, 0.6) is 0 Å². The summed E-state index contributed by atoms with van der Waals surface area (Å²) in [6, 6.07) is 8.26. The molecule has 0 aliphatic heterocycles. The van der Waals surface area contributed by atoms with E-state index in [0.717, 1.165) is 0 Å². The molecule has 0 atom stereocenters. The summed E-state index contributed by atoms with van der Waals surface area (Å²) in [4.78, 5) is 27.6. The summed E-state index contributed by atoms with van der Waals surface area (Å²) in [6.07, 6.45) is 0. The van der Waals surface area contributed by atoms with E-state index in [2.05, 4.69) is 10.3 Å². The van der Waals surface area contributed by atoms with Gasteiger partial charge in [0, 0.05) is 16.8 Å². The number of nitrogens with zero attached hydrogens (tertiary/aromatic N) is 1. The van der Waals surface area contributed by atoms with Crippen molar-refractivity contribution in [1.82, 2.24) is 0 Å². The number of hydrogen-bond acceptors (Lipinski definition) is 2. The number of amides is 2. The summed E-state index contributed by atoms with van der Waals surface area (Å²) < 4.78 is 0. The first-order valence-corrected chi connectivity index (χ1v) is 6.90. The molecule has 0 heterocycles. The van der Waals surface area contributed by atoms with E-state index in [1.807, 2.05) is 6.07 Å². The predicted molar refractivity (Wildman–Crippen MR) is 85.0 cm³/mol. The average Bonchev–Trinajstić information content (AvgIpc) is 2.48. The zero-order valence-corrected chi connectivity index (χ0v) is 12.9. The molecule has 1 aliphatic rings. The van der Waals surface area contributed by atoms with Crippen molar-refractivity contribution in [2.24, 2.45) is 4.99 Å². The standard InChI is InChI=1S/C15H12Cl2N2O2/c1-8-11(16)13(12(17)9(2)14(8)20)19-15(21)18-10-6-4-3-5-7-10/h3-7H,1-2H3,(H,18,21). The number of halogens is 2. The predicted octanol–water partition coefficient (Wildman–Crippen LogP) is 4.27. The van der Waals surface area contributed by atoms with Crippen LogP contribution in [0.1, 0.15) is 13.8 Å². The minimum absolute atomic E-state index is 0.0961. The Bertz CT molecular complexity index is 674. The maximum Gasteiger partial charge on any atom is 0.346 e. The third kappa shape index (κ3) is 3.23. The van der Waals surface area contributed by atoms with Crippen molar-refractivity contribution < 1.29 is 9.59 Å². The first kappa shape index (κ1) is 15.5. The number of nitrogens with one attached hydrogen (secondary N) is 1. The fourth-order valence-corrected chi connectivity index (χ4v) is 2.30. The molecule has 0 unspecified atom stereocenters. The van der Waals surface area contributed by atoms with Crippen molar-refractivity contribution >= 4 is 46.4 Å². The summed E-state index contributed by atoms with van der Waals surface area (Å²) in [5.41, 5.74) is 1.36. The Morgan fingerprint density at radius 3 is 2.10 bits per heavy atom. The number of rotatable bonds is 1. The molecule has 21 heavy (non-hydrogen) atoms. The Hall–Kier alpha value is -1.91. The SMILES string of the molecule is CC1=C(Cl)C(=NC(=O)Nc2ccccc2)C(Cl)=C(C)C1=O. The summed E-state index contributed by atoms with van der Waals surface area (Å²) in [7, 11) is 0. The number of carbonyl (C=O) groups is 2. The number of Topliss-reactive ketones (excluding diaryl/α,β-unsaturated/α-hetero) is 1. The molecule has 0 fully saturated rings. The van der Waals surface area contributed by atoms with E-state index in [4.69, 9.17) is 23.2 Å². The molecule has 1 N–H and O–H groups in total. The maximum absolute atomic E-state index is 11.9. The van der Waals surface area contributed by atoms with Gasteiger partial charge < -0.3 is 5.32 Å². The van der Waals surface area contributed by atoms with E-state index in [0.29, 0.717) is 16.8 Å².